The number of nitrogens with two attached hydrogens (primary N) is 2. The lowest BCUT2D eigenvalue weighted by molar-refractivity contribution is -0.111. The van der Waals surface area contributed by atoms with Crippen LogP contribution in [0, 0.1) is 0 Å². The molecule has 9 nitrogen and oxygen atoms in total. The maximum absolute atomic E-state index is 12.2. The first-order valence-electron chi connectivity index (χ1n) is 12.0. The summed E-state index contributed by atoms with van der Waals surface area (Å²) in [6.07, 6.45) is 5.07. The van der Waals surface area contributed by atoms with Gasteiger partial charge in [0.1, 0.15) is 0 Å². The summed E-state index contributed by atoms with van der Waals surface area (Å²) in [5.74, 6) is 0.781. The van der Waals surface area contributed by atoms with Crippen LogP contribution in [0.15, 0.2) is 78.9 Å². The smallest absolute Gasteiger partial charge is 0.248 e. The van der Waals surface area contributed by atoms with E-state index in [0.29, 0.717) is 29.8 Å². The molecule has 1 aliphatic rings. The van der Waals surface area contributed by atoms with Crippen LogP contribution in [0.25, 0.3) is 6.08 Å². The first-order chi connectivity index (χ1) is 18.0. The fourth-order valence-electron chi connectivity index (χ4n) is 4.26. The topological polar surface area (TPSA) is 144 Å². The predicted octanol–water partition coefficient (Wildman–Crippen LogP) is 3.88. The van der Waals surface area contributed by atoms with E-state index in [1.165, 1.54) is 17.2 Å². The molecule has 37 heavy (non-hydrogen) atoms. The van der Waals surface area contributed by atoms with Gasteiger partial charge in [-0.3, -0.25) is 4.79 Å². The molecule has 0 fully saturated rings. The van der Waals surface area contributed by atoms with Crippen LogP contribution in [0.1, 0.15) is 22.3 Å². The van der Waals surface area contributed by atoms with E-state index in [1.807, 2.05) is 36.4 Å². The minimum absolute atomic E-state index is 0.159. The number of rotatable bonds is 8. The van der Waals surface area contributed by atoms with Crippen LogP contribution in [0.3, 0.4) is 0 Å². The molecule has 1 amide bonds. The normalized spacial score (nSPS) is 12.9. The summed E-state index contributed by atoms with van der Waals surface area (Å²) in [5.41, 5.74) is 17.5. The molecule has 5 rings (SSSR count). The first kappa shape index (κ1) is 23.8. The Morgan fingerprint density at radius 3 is 2.27 bits per heavy atom. The zero-order valence-electron chi connectivity index (χ0n) is 20.2. The van der Waals surface area contributed by atoms with Gasteiger partial charge < -0.3 is 27.4 Å². The number of nitrogens with zero attached hydrogens (tertiary/aromatic N) is 3. The second-order valence-corrected chi connectivity index (χ2v) is 8.86. The van der Waals surface area contributed by atoms with Crippen molar-refractivity contribution in [2.45, 2.75) is 25.4 Å². The van der Waals surface area contributed by atoms with Crippen molar-refractivity contribution >= 4 is 41.2 Å². The van der Waals surface area contributed by atoms with E-state index >= 15 is 0 Å². The molecule has 7 N–H and O–H groups in total. The Hall–Kier alpha value is -4.92. The van der Waals surface area contributed by atoms with Gasteiger partial charge in [0.25, 0.3) is 0 Å². The third-order valence-corrected chi connectivity index (χ3v) is 6.11. The highest BCUT2D eigenvalue weighted by atomic mass is 16.1. The highest BCUT2D eigenvalue weighted by Gasteiger charge is 2.21. The quantitative estimate of drug-likeness (QED) is 0.184. The SMILES string of the molecule is Nc1nc(NCc2ccc(/C=C/C(=O)Nc3ccccc3N)cc2)nc(NC2Cc3ccccc3C2)n1. The summed E-state index contributed by atoms with van der Waals surface area (Å²) in [5, 5.41) is 9.37. The predicted molar refractivity (Wildman–Crippen MR) is 148 cm³/mol. The van der Waals surface area contributed by atoms with Crippen LogP contribution in [0.4, 0.5) is 29.2 Å². The molecule has 1 aliphatic carbocycles. The van der Waals surface area contributed by atoms with E-state index in [4.69, 9.17) is 11.5 Å². The molecule has 0 bridgehead atoms. The van der Waals surface area contributed by atoms with Crippen molar-refractivity contribution in [1.82, 2.24) is 15.0 Å². The van der Waals surface area contributed by atoms with Gasteiger partial charge in [-0.05, 0) is 53.3 Å². The van der Waals surface area contributed by atoms with Gasteiger partial charge in [0, 0.05) is 18.7 Å². The van der Waals surface area contributed by atoms with Crippen molar-refractivity contribution in [1.29, 1.82) is 0 Å². The number of nitrogens with one attached hydrogen (secondary N) is 3. The lowest BCUT2D eigenvalue weighted by atomic mass is 10.1. The Bertz CT molecular complexity index is 1410. The standard InChI is InChI=1S/C28H28N8O/c29-23-7-3-4-8-24(23)33-25(37)14-13-18-9-11-19(12-10-18)17-31-27-34-26(30)35-28(36-27)32-22-15-20-5-1-2-6-21(20)16-22/h1-14,22H,15-17,29H2,(H,33,37)(H4,30,31,32,34,35,36)/b14-13+. The molecule has 9 heteroatoms. The molecule has 0 unspecified atom stereocenters. The molecule has 0 atom stereocenters. The Morgan fingerprint density at radius 2 is 1.54 bits per heavy atom. The number of fused-ring (bicyclic) bond motifs is 1. The maximum Gasteiger partial charge on any atom is 0.248 e. The summed E-state index contributed by atoms with van der Waals surface area (Å²) in [6.45, 7) is 0.509. The highest BCUT2D eigenvalue weighted by molar-refractivity contribution is 6.03. The van der Waals surface area contributed by atoms with E-state index in [2.05, 4.69) is 55.2 Å². The summed E-state index contributed by atoms with van der Waals surface area (Å²) < 4.78 is 0. The monoisotopic (exact) mass is 492 g/mol. The van der Waals surface area contributed by atoms with Crippen molar-refractivity contribution in [3.63, 3.8) is 0 Å². The summed E-state index contributed by atoms with van der Waals surface area (Å²) in [6, 6.07) is 23.6. The highest BCUT2D eigenvalue weighted by Crippen LogP contribution is 2.24. The molecule has 1 aromatic heterocycles. The summed E-state index contributed by atoms with van der Waals surface area (Å²) in [4.78, 5) is 25.1. The van der Waals surface area contributed by atoms with Crippen LogP contribution in [-0.4, -0.2) is 26.9 Å². The minimum atomic E-state index is -0.248. The van der Waals surface area contributed by atoms with Gasteiger partial charge in [0.15, 0.2) is 0 Å². The average molecular weight is 493 g/mol. The van der Waals surface area contributed by atoms with Gasteiger partial charge in [-0.15, -0.1) is 0 Å². The molecule has 0 aliphatic heterocycles. The molecular weight excluding hydrogens is 464 g/mol. The van der Waals surface area contributed by atoms with Crippen molar-refractivity contribution in [3.8, 4) is 0 Å². The van der Waals surface area contributed by atoms with Gasteiger partial charge in [-0.25, -0.2) is 0 Å². The van der Waals surface area contributed by atoms with E-state index in [0.717, 1.165) is 24.0 Å². The number of benzene rings is 3. The number of hydrogen-bond donors (Lipinski definition) is 5. The Balaban J connectivity index is 1.14. The first-order valence-corrected chi connectivity index (χ1v) is 12.0. The molecular formula is C28H28N8O. The fourth-order valence-corrected chi connectivity index (χ4v) is 4.26. The molecule has 0 spiro atoms. The average Bonchev–Trinajstić information content (AvgIpc) is 3.30. The van der Waals surface area contributed by atoms with E-state index < -0.39 is 0 Å². The van der Waals surface area contributed by atoms with Gasteiger partial charge in [0.05, 0.1) is 11.4 Å². The van der Waals surface area contributed by atoms with E-state index in [9.17, 15) is 4.79 Å². The van der Waals surface area contributed by atoms with E-state index in [-0.39, 0.29) is 17.9 Å². The number of amides is 1. The Morgan fingerprint density at radius 1 is 0.865 bits per heavy atom. The molecule has 0 saturated carbocycles. The van der Waals surface area contributed by atoms with E-state index in [1.54, 1.807) is 18.2 Å². The minimum Gasteiger partial charge on any atom is -0.397 e. The number of para-hydroxylation sites is 2. The third-order valence-electron chi connectivity index (χ3n) is 6.11. The summed E-state index contributed by atoms with van der Waals surface area (Å²) in [7, 11) is 0. The molecule has 0 saturated heterocycles. The summed E-state index contributed by atoms with van der Waals surface area (Å²) >= 11 is 0. The second-order valence-electron chi connectivity index (χ2n) is 8.86. The van der Waals surface area contributed by atoms with Crippen molar-refractivity contribution in [2.24, 2.45) is 0 Å². The van der Waals surface area contributed by atoms with Crippen LogP contribution in [-0.2, 0) is 24.2 Å². The number of nitrogen functional groups attached to an aromatic ring is 2. The lowest BCUT2D eigenvalue weighted by Gasteiger charge is -2.13. The van der Waals surface area contributed by atoms with Gasteiger partial charge >= 0.3 is 0 Å². The number of hydrogen-bond acceptors (Lipinski definition) is 8. The second kappa shape index (κ2) is 10.8. The number of carbonyl (C=O) groups excluding carboxylic acids is 1. The van der Waals surface area contributed by atoms with Crippen LogP contribution >= 0.6 is 0 Å². The lowest BCUT2D eigenvalue weighted by Crippen LogP contribution is -2.22. The molecule has 0 radical (unpaired) electrons. The number of anilines is 5. The van der Waals surface area contributed by atoms with Gasteiger partial charge in [-0.2, -0.15) is 15.0 Å². The third kappa shape index (κ3) is 6.21. The number of carbonyl (C=O) groups is 1. The Labute approximate surface area is 215 Å². The Kier molecular flexibility index (Phi) is 6.93. The van der Waals surface area contributed by atoms with Crippen molar-refractivity contribution in [2.75, 3.05) is 27.4 Å². The van der Waals surface area contributed by atoms with Crippen molar-refractivity contribution < 1.29 is 4.79 Å². The molecule has 3 aromatic carbocycles. The van der Waals surface area contributed by atoms with Crippen LogP contribution in [0.2, 0.25) is 0 Å². The molecule has 1 heterocycles. The van der Waals surface area contributed by atoms with Crippen molar-refractivity contribution in [3.05, 3.63) is 101 Å². The molecule has 186 valence electrons. The van der Waals surface area contributed by atoms with Crippen LogP contribution in [0.5, 0.6) is 0 Å². The largest absolute Gasteiger partial charge is 0.397 e. The van der Waals surface area contributed by atoms with Gasteiger partial charge in [-0.1, -0.05) is 60.7 Å². The van der Waals surface area contributed by atoms with Crippen LogP contribution < -0.4 is 27.4 Å². The zero-order valence-corrected chi connectivity index (χ0v) is 20.2. The maximum atomic E-state index is 12.2. The zero-order chi connectivity index (χ0) is 25.6. The number of aromatic nitrogens is 3. The van der Waals surface area contributed by atoms with Gasteiger partial charge in [0.2, 0.25) is 23.8 Å². The molecule has 4 aromatic rings. The fraction of sp³-hybridized carbons (Fsp3) is 0.143.